The summed E-state index contributed by atoms with van der Waals surface area (Å²) in [7, 11) is 0. The van der Waals surface area contributed by atoms with Crippen molar-refractivity contribution in [3.8, 4) is 0 Å². The average molecular weight is 275 g/mol. The van der Waals surface area contributed by atoms with E-state index in [-0.39, 0.29) is 12.3 Å². The SMILES string of the molecule is CCCCc1ccc(CC(=O)NC2(C(=O)O)CC2)cc1. The Kier molecular flexibility index (Phi) is 4.42. The third kappa shape index (κ3) is 3.59. The molecular weight excluding hydrogens is 254 g/mol. The molecule has 1 fully saturated rings. The van der Waals surface area contributed by atoms with Gasteiger partial charge in [-0.05, 0) is 36.8 Å². The third-order valence-corrected chi connectivity index (χ3v) is 3.74. The lowest BCUT2D eigenvalue weighted by molar-refractivity contribution is -0.143. The summed E-state index contributed by atoms with van der Waals surface area (Å²) in [5.41, 5.74) is 1.21. The molecule has 0 spiro atoms. The van der Waals surface area contributed by atoms with Crippen LogP contribution in [0.25, 0.3) is 0 Å². The van der Waals surface area contributed by atoms with Gasteiger partial charge in [0.05, 0.1) is 6.42 Å². The maximum absolute atomic E-state index is 11.9. The van der Waals surface area contributed by atoms with Gasteiger partial charge in [0.15, 0.2) is 0 Å². The zero-order chi connectivity index (χ0) is 14.6. The number of amides is 1. The lowest BCUT2D eigenvalue weighted by atomic mass is 10.0. The van der Waals surface area contributed by atoms with Gasteiger partial charge in [0.25, 0.3) is 0 Å². The molecule has 0 unspecified atom stereocenters. The quantitative estimate of drug-likeness (QED) is 0.802. The molecule has 0 aromatic heterocycles. The molecule has 4 heteroatoms. The van der Waals surface area contributed by atoms with Crippen LogP contribution in [0.1, 0.15) is 43.7 Å². The van der Waals surface area contributed by atoms with Crippen molar-refractivity contribution in [2.45, 2.75) is 51.0 Å². The number of carboxylic acid groups (broad SMARTS) is 1. The molecule has 20 heavy (non-hydrogen) atoms. The summed E-state index contributed by atoms with van der Waals surface area (Å²) in [6.07, 6.45) is 4.70. The van der Waals surface area contributed by atoms with E-state index in [1.807, 2.05) is 24.3 Å². The lowest BCUT2D eigenvalue weighted by Gasteiger charge is -2.12. The molecule has 1 saturated carbocycles. The zero-order valence-electron chi connectivity index (χ0n) is 11.8. The second-order valence-corrected chi connectivity index (χ2v) is 5.53. The highest BCUT2D eigenvalue weighted by atomic mass is 16.4. The van der Waals surface area contributed by atoms with Crippen molar-refractivity contribution in [2.24, 2.45) is 0 Å². The number of hydrogen-bond donors (Lipinski definition) is 2. The van der Waals surface area contributed by atoms with Crippen LogP contribution in [0.2, 0.25) is 0 Å². The van der Waals surface area contributed by atoms with Crippen molar-refractivity contribution >= 4 is 11.9 Å². The molecule has 1 aromatic carbocycles. The normalized spacial score (nSPS) is 15.7. The van der Waals surface area contributed by atoms with Crippen LogP contribution in [-0.4, -0.2) is 22.5 Å². The first kappa shape index (κ1) is 14.6. The van der Waals surface area contributed by atoms with Crippen LogP contribution in [0, 0.1) is 0 Å². The molecular formula is C16H21NO3. The van der Waals surface area contributed by atoms with Gasteiger partial charge in [-0.15, -0.1) is 0 Å². The molecule has 0 radical (unpaired) electrons. The standard InChI is InChI=1S/C16H21NO3/c1-2-3-4-12-5-7-13(8-6-12)11-14(18)17-16(9-10-16)15(19)20/h5-8H,2-4,9-11H2,1H3,(H,17,18)(H,19,20). The Labute approximate surface area is 119 Å². The molecule has 108 valence electrons. The second-order valence-electron chi connectivity index (χ2n) is 5.53. The summed E-state index contributed by atoms with van der Waals surface area (Å²) in [4.78, 5) is 22.9. The van der Waals surface area contributed by atoms with Crippen LogP contribution in [0.3, 0.4) is 0 Å². The van der Waals surface area contributed by atoms with E-state index < -0.39 is 11.5 Å². The van der Waals surface area contributed by atoms with Crippen LogP contribution >= 0.6 is 0 Å². The van der Waals surface area contributed by atoms with E-state index in [1.165, 1.54) is 18.4 Å². The van der Waals surface area contributed by atoms with Gasteiger partial charge in [-0.2, -0.15) is 0 Å². The zero-order valence-corrected chi connectivity index (χ0v) is 11.8. The Hall–Kier alpha value is -1.84. The van der Waals surface area contributed by atoms with E-state index in [1.54, 1.807) is 0 Å². The van der Waals surface area contributed by atoms with Gasteiger partial charge in [0.1, 0.15) is 5.54 Å². The van der Waals surface area contributed by atoms with Crippen molar-refractivity contribution in [2.75, 3.05) is 0 Å². The summed E-state index contributed by atoms with van der Waals surface area (Å²) < 4.78 is 0. The third-order valence-electron chi connectivity index (χ3n) is 3.74. The number of benzene rings is 1. The Morgan fingerprint density at radius 1 is 1.20 bits per heavy atom. The number of carbonyl (C=O) groups is 2. The maximum atomic E-state index is 11.9. The first-order valence-corrected chi connectivity index (χ1v) is 7.18. The summed E-state index contributed by atoms with van der Waals surface area (Å²) in [6.45, 7) is 2.16. The fraction of sp³-hybridized carbons (Fsp3) is 0.500. The Morgan fingerprint density at radius 3 is 2.30 bits per heavy atom. The van der Waals surface area contributed by atoms with E-state index in [2.05, 4.69) is 12.2 Å². The van der Waals surface area contributed by atoms with Crippen molar-refractivity contribution in [1.29, 1.82) is 0 Å². The summed E-state index contributed by atoms with van der Waals surface area (Å²) in [5.74, 6) is -1.15. The van der Waals surface area contributed by atoms with Crippen LogP contribution in [-0.2, 0) is 22.4 Å². The van der Waals surface area contributed by atoms with Gasteiger partial charge >= 0.3 is 5.97 Å². The Balaban J connectivity index is 1.87. The fourth-order valence-electron chi connectivity index (χ4n) is 2.22. The first-order chi connectivity index (χ1) is 9.55. The van der Waals surface area contributed by atoms with E-state index >= 15 is 0 Å². The number of nitrogens with one attached hydrogen (secondary N) is 1. The second kappa shape index (κ2) is 6.07. The highest BCUT2D eigenvalue weighted by Gasteiger charge is 2.51. The molecule has 0 aliphatic heterocycles. The van der Waals surface area contributed by atoms with Gasteiger partial charge < -0.3 is 10.4 Å². The van der Waals surface area contributed by atoms with Gasteiger partial charge in [0.2, 0.25) is 5.91 Å². The number of hydrogen-bond acceptors (Lipinski definition) is 2. The van der Waals surface area contributed by atoms with E-state index in [4.69, 9.17) is 5.11 Å². The molecule has 0 saturated heterocycles. The molecule has 0 atom stereocenters. The number of unbranched alkanes of at least 4 members (excludes halogenated alkanes) is 1. The molecule has 1 aliphatic rings. The molecule has 0 heterocycles. The van der Waals surface area contributed by atoms with Crippen molar-refractivity contribution < 1.29 is 14.7 Å². The molecule has 1 aromatic rings. The fourth-order valence-corrected chi connectivity index (χ4v) is 2.22. The number of rotatable bonds is 7. The molecule has 0 bridgehead atoms. The first-order valence-electron chi connectivity index (χ1n) is 7.18. The number of aliphatic carboxylic acids is 1. The van der Waals surface area contributed by atoms with Crippen molar-refractivity contribution in [3.05, 3.63) is 35.4 Å². The van der Waals surface area contributed by atoms with Gasteiger partial charge in [-0.25, -0.2) is 4.79 Å². The summed E-state index contributed by atoms with van der Waals surface area (Å²) in [6, 6.07) is 7.99. The van der Waals surface area contributed by atoms with Crippen molar-refractivity contribution in [1.82, 2.24) is 5.32 Å². The van der Waals surface area contributed by atoms with Crippen molar-refractivity contribution in [3.63, 3.8) is 0 Å². The maximum Gasteiger partial charge on any atom is 0.329 e. The number of carboxylic acids is 1. The molecule has 1 amide bonds. The highest BCUT2D eigenvalue weighted by molar-refractivity contribution is 5.90. The summed E-state index contributed by atoms with van der Waals surface area (Å²) in [5, 5.41) is 11.6. The van der Waals surface area contributed by atoms with Gasteiger partial charge in [-0.1, -0.05) is 37.6 Å². The number of carbonyl (C=O) groups excluding carboxylic acids is 1. The van der Waals surface area contributed by atoms with Crippen LogP contribution in [0.5, 0.6) is 0 Å². The van der Waals surface area contributed by atoms with E-state index in [0.29, 0.717) is 12.8 Å². The topological polar surface area (TPSA) is 66.4 Å². The minimum absolute atomic E-state index is 0.216. The Morgan fingerprint density at radius 2 is 1.80 bits per heavy atom. The molecule has 2 N–H and O–H groups in total. The minimum atomic E-state index is -0.988. The molecule has 2 rings (SSSR count). The predicted octanol–water partition coefficient (Wildman–Crippen LogP) is 2.31. The monoisotopic (exact) mass is 275 g/mol. The summed E-state index contributed by atoms with van der Waals surface area (Å²) >= 11 is 0. The predicted molar refractivity (Wildman–Crippen MR) is 76.5 cm³/mol. The van der Waals surface area contributed by atoms with Crippen LogP contribution in [0.15, 0.2) is 24.3 Å². The smallest absolute Gasteiger partial charge is 0.329 e. The van der Waals surface area contributed by atoms with E-state index in [9.17, 15) is 9.59 Å². The largest absolute Gasteiger partial charge is 0.480 e. The van der Waals surface area contributed by atoms with E-state index in [0.717, 1.165) is 12.0 Å². The highest BCUT2D eigenvalue weighted by Crippen LogP contribution is 2.35. The van der Waals surface area contributed by atoms with Crippen LogP contribution in [0.4, 0.5) is 0 Å². The molecule has 1 aliphatic carbocycles. The molecule has 4 nitrogen and oxygen atoms in total. The average Bonchev–Trinajstić information content (AvgIpc) is 3.19. The lowest BCUT2D eigenvalue weighted by Crippen LogP contribution is -2.43. The Bertz CT molecular complexity index is 489. The van der Waals surface area contributed by atoms with Gasteiger partial charge in [-0.3, -0.25) is 4.79 Å². The number of aryl methyl sites for hydroxylation is 1. The minimum Gasteiger partial charge on any atom is -0.480 e. The van der Waals surface area contributed by atoms with Gasteiger partial charge in [0, 0.05) is 0 Å². The van der Waals surface area contributed by atoms with Crippen LogP contribution < -0.4 is 5.32 Å².